The van der Waals surface area contributed by atoms with Gasteiger partial charge in [-0.2, -0.15) is 10.4 Å². The molecule has 0 saturated carbocycles. The van der Waals surface area contributed by atoms with Crippen molar-refractivity contribution in [3.05, 3.63) is 59.7 Å². The maximum atomic E-state index is 12.2. The fourth-order valence-corrected chi connectivity index (χ4v) is 3.25. The van der Waals surface area contributed by atoms with Gasteiger partial charge in [0.15, 0.2) is 6.61 Å². The third-order valence-electron chi connectivity index (χ3n) is 3.66. The topological polar surface area (TPSA) is 112 Å². The molecule has 0 unspecified atom stereocenters. The van der Waals surface area contributed by atoms with Crippen LogP contribution in [0.2, 0.25) is 0 Å². The lowest BCUT2D eigenvalue weighted by atomic mass is 10.2. The van der Waals surface area contributed by atoms with Crippen LogP contribution in [0.5, 0.6) is 5.75 Å². The fraction of sp³-hybridized carbons (Fsp3) is 0.211. The number of hydrogen-bond acceptors (Lipinski definition) is 6. The Labute approximate surface area is 164 Å². The molecule has 2 rings (SSSR count). The Morgan fingerprint density at radius 2 is 1.93 bits per heavy atom. The van der Waals surface area contributed by atoms with Gasteiger partial charge in [0.1, 0.15) is 18.4 Å². The van der Waals surface area contributed by atoms with Crippen LogP contribution in [0.3, 0.4) is 0 Å². The zero-order valence-corrected chi connectivity index (χ0v) is 16.3. The molecule has 0 bridgehead atoms. The zero-order valence-electron chi connectivity index (χ0n) is 15.5. The molecule has 0 fully saturated rings. The molecule has 0 saturated heterocycles. The predicted molar refractivity (Wildman–Crippen MR) is 107 cm³/mol. The van der Waals surface area contributed by atoms with E-state index in [-0.39, 0.29) is 13.2 Å². The second kappa shape index (κ2) is 9.53. The summed E-state index contributed by atoms with van der Waals surface area (Å²) in [6.07, 6.45) is 2.47. The maximum Gasteiger partial charge on any atom is 0.260 e. The number of carbonyl (C=O) groups excluding carboxylic acids is 1. The lowest BCUT2D eigenvalue weighted by molar-refractivity contribution is -0.119. The molecule has 28 heavy (non-hydrogen) atoms. The second-order valence-corrected chi connectivity index (χ2v) is 7.77. The summed E-state index contributed by atoms with van der Waals surface area (Å²) in [6, 6.07) is 15.5. The molecule has 0 radical (unpaired) electrons. The van der Waals surface area contributed by atoms with Crippen molar-refractivity contribution < 1.29 is 17.9 Å². The van der Waals surface area contributed by atoms with Gasteiger partial charge in [0, 0.05) is 0 Å². The molecule has 1 N–H and O–H groups in total. The molecule has 0 aliphatic rings. The first-order chi connectivity index (χ1) is 13.3. The number of anilines is 1. The Hall–Kier alpha value is -3.38. The van der Waals surface area contributed by atoms with Crippen LogP contribution in [0, 0.1) is 18.3 Å². The monoisotopic (exact) mass is 400 g/mol. The largest absolute Gasteiger partial charge is 0.479 e. The van der Waals surface area contributed by atoms with Gasteiger partial charge in [-0.1, -0.05) is 18.2 Å². The van der Waals surface area contributed by atoms with Crippen molar-refractivity contribution in [1.82, 2.24) is 5.43 Å². The third-order valence-corrected chi connectivity index (χ3v) is 4.78. The van der Waals surface area contributed by atoms with Gasteiger partial charge in [-0.05, 0) is 48.4 Å². The zero-order chi connectivity index (χ0) is 20.6. The van der Waals surface area contributed by atoms with E-state index in [0.717, 1.165) is 16.1 Å². The van der Waals surface area contributed by atoms with Crippen molar-refractivity contribution in [2.45, 2.75) is 6.92 Å². The Kier molecular flexibility index (Phi) is 7.12. The average Bonchev–Trinajstić information content (AvgIpc) is 2.65. The molecule has 0 aliphatic heterocycles. The summed E-state index contributed by atoms with van der Waals surface area (Å²) in [6.45, 7) is 1.34. The number of nitriles is 1. The highest BCUT2D eigenvalue weighted by Gasteiger charge is 2.21. The molecule has 2 aromatic carbocycles. The SMILES string of the molecule is Cc1ccccc1N(CC(=O)NN=Cc1ccc(OCC#N)cc1)S(C)(=O)=O. The van der Waals surface area contributed by atoms with Gasteiger partial charge < -0.3 is 4.74 Å². The van der Waals surface area contributed by atoms with E-state index in [4.69, 9.17) is 10.00 Å². The van der Waals surface area contributed by atoms with E-state index >= 15 is 0 Å². The molecule has 9 heteroatoms. The number of benzene rings is 2. The number of ether oxygens (including phenoxy) is 1. The first kappa shape index (κ1) is 20.9. The van der Waals surface area contributed by atoms with Crippen molar-refractivity contribution >= 4 is 27.8 Å². The van der Waals surface area contributed by atoms with Crippen molar-refractivity contribution in [3.8, 4) is 11.8 Å². The highest BCUT2D eigenvalue weighted by atomic mass is 32.2. The van der Waals surface area contributed by atoms with Crippen LogP contribution in [-0.4, -0.2) is 39.9 Å². The quantitative estimate of drug-likeness (QED) is 0.536. The first-order valence-corrected chi connectivity index (χ1v) is 10.1. The average molecular weight is 400 g/mol. The number of hydrazone groups is 1. The smallest absolute Gasteiger partial charge is 0.260 e. The van der Waals surface area contributed by atoms with Gasteiger partial charge in [0.05, 0.1) is 18.2 Å². The Morgan fingerprint density at radius 3 is 2.54 bits per heavy atom. The number of rotatable bonds is 8. The Bertz CT molecular complexity index is 995. The summed E-state index contributed by atoms with van der Waals surface area (Å²) in [5.74, 6) is -0.0244. The van der Waals surface area contributed by atoms with Crippen molar-refractivity contribution in [2.24, 2.45) is 5.10 Å². The Morgan fingerprint density at radius 1 is 1.25 bits per heavy atom. The lowest BCUT2D eigenvalue weighted by Crippen LogP contribution is -2.39. The number of hydrogen-bond donors (Lipinski definition) is 1. The minimum absolute atomic E-state index is 0.0405. The Balaban J connectivity index is 2.01. The number of sulfonamides is 1. The van der Waals surface area contributed by atoms with Gasteiger partial charge >= 0.3 is 0 Å². The molecular formula is C19H20N4O4S. The van der Waals surface area contributed by atoms with Gasteiger partial charge in [-0.3, -0.25) is 9.10 Å². The fourth-order valence-electron chi connectivity index (χ4n) is 2.33. The van der Waals surface area contributed by atoms with E-state index in [1.54, 1.807) is 55.5 Å². The summed E-state index contributed by atoms with van der Waals surface area (Å²) in [7, 11) is -3.64. The molecule has 1 amide bonds. The van der Waals surface area contributed by atoms with E-state index in [1.165, 1.54) is 6.21 Å². The number of para-hydroxylation sites is 1. The van der Waals surface area contributed by atoms with E-state index in [0.29, 0.717) is 17.0 Å². The van der Waals surface area contributed by atoms with Gasteiger partial charge in [0.2, 0.25) is 10.0 Å². The van der Waals surface area contributed by atoms with Crippen LogP contribution in [0.15, 0.2) is 53.6 Å². The number of carbonyl (C=O) groups is 1. The molecule has 0 atom stereocenters. The van der Waals surface area contributed by atoms with E-state index in [1.807, 2.05) is 6.07 Å². The molecule has 146 valence electrons. The second-order valence-electron chi connectivity index (χ2n) is 5.87. The van der Waals surface area contributed by atoms with Crippen molar-refractivity contribution in [3.63, 3.8) is 0 Å². The molecule has 2 aromatic rings. The maximum absolute atomic E-state index is 12.2. The minimum Gasteiger partial charge on any atom is -0.479 e. The van der Waals surface area contributed by atoms with Gasteiger partial charge in [-0.15, -0.1) is 0 Å². The molecular weight excluding hydrogens is 380 g/mol. The van der Waals surface area contributed by atoms with E-state index < -0.39 is 15.9 Å². The normalized spacial score (nSPS) is 11.0. The third kappa shape index (κ3) is 6.10. The van der Waals surface area contributed by atoms with Crippen LogP contribution in [-0.2, 0) is 14.8 Å². The summed E-state index contributed by atoms with van der Waals surface area (Å²) >= 11 is 0. The molecule has 8 nitrogen and oxygen atoms in total. The number of nitrogens with zero attached hydrogens (tertiary/aromatic N) is 3. The molecule has 0 aromatic heterocycles. The number of nitrogens with one attached hydrogen (secondary N) is 1. The molecule has 0 aliphatic carbocycles. The van der Waals surface area contributed by atoms with Crippen LogP contribution < -0.4 is 14.5 Å². The first-order valence-electron chi connectivity index (χ1n) is 8.26. The summed E-state index contributed by atoms with van der Waals surface area (Å²) in [5.41, 5.74) is 4.20. The van der Waals surface area contributed by atoms with Crippen LogP contribution in [0.4, 0.5) is 5.69 Å². The van der Waals surface area contributed by atoms with Gasteiger partial charge in [0.25, 0.3) is 5.91 Å². The molecule has 0 spiro atoms. The standard InChI is InChI=1S/C19H20N4O4S/c1-15-5-3-4-6-18(15)23(28(2,25)26)14-19(24)22-21-13-16-7-9-17(10-8-16)27-12-11-20/h3-10,13H,12,14H2,1-2H3,(H,22,24). The van der Waals surface area contributed by atoms with Crippen LogP contribution in [0.1, 0.15) is 11.1 Å². The van der Waals surface area contributed by atoms with Crippen LogP contribution in [0.25, 0.3) is 0 Å². The highest BCUT2D eigenvalue weighted by Crippen LogP contribution is 2.21. The van der Waals surface area contributed by atoms with E-state index in [2.05, 4.69) is 10.5 Å². The van der Waals surface area contributed by atoms with Crippen LogP contribution >= 0.6 is 0 Å². The minimum atomic E-state index is -3.64. The number of aryl methyl sites for hydroxylation is 1. The van der Waals surface area contributed by atoms with Crippen molar-refractivity contribution in [2.75, 3.05) is 23.7 Å². The van der Waals surface area contributed by atoms with Gasteiger partial charge in [-0.25, -0.2) is 13.8 Å². The summed E-state index contributed by atoms with van der Waals surface area (Å²) in [4.78, 5) is 12.2. The number of amides is 1. The summed E-state index contributed by atoms with van der Waals surface area (Å²) in [5, 5.41) is 12.3. The lowest BCUT2D eigenvalue weighted by Gasteiger charge is -2.23. The highest BCUT2D eigenvalue weighted by molar-refractivity contribution is 7.92. The van der Waals surface area contributed by atoms with E-state index in [9.17, 15) is 13.2 Å². The molecule has 0 heterocycles. The van der Waals surface area contributed by atoms with Crippen molar-refractivity contribution in [1.29, 1.82) is 5.26 Å². The summed E-state index contributed by atoms with van der Waals surface area (Å²) < 4.78 is 30.4. The predicted octanol–water partition coefficient (Wildman–Crippen LogP) is 1.81.